The molecule has 0 spiro atoms. The van der Waals surface area contributed by atoms with Crippen molar-refractivity contribution in [3.05, 3.63) is 90.5 Å². The van der Waals surface area contributed by atoms with Crippen molar-refractivity contribution in [2.24, 2.45) is 0 Å². The molecular formula is C31H38O4Si. The van der Waals surface area contributed by atoms with E-state index in [4.69, 9.17) is 13.9 Å². The van der Waals surface area contributed by atoms with Crippen molar-refractivity contribution in [3.63, 3.8) is 0 Å². The summed E-state index contributed by atoms with van der Waals surface area (Å²) in [6, 6.07) is 29.2. The molecule has 190 valence electrons. The second-order valence-electron chi connectivity index (χ2n) is 11.7. The van der Waals surface area contributed by atoms with Crippen LogP contribution in [0.5, 0.6) is 5.75 Å². The SMILES string of the molecule is CC1(C)O[C@H]2CCC[C@@]2(C(O)c2cccc(O[Si](c3ccccc3)(c3ccccc3)C(C)(C)C)c2)O1. The van der Waals surface area contributed by atoms with Crippen LogP contribution in [-0.2, 0) is 9.47 Å². The lowest BCUT2D eigenvalue weighted by Crippen LogP contribution is -2.68. The van der Waals surface area contributed by atoms with Crippen LogP contribution in [0.25, 0.3) is 0 Å². The first-order chi connectivity index (χ1) is 17.1. The molecule has 2 aliphatic rings. The third kappa shape index (κ3) is 4.22. The zero-order chi connectivity index (χ0) is 25.6. The van der Waals surface area contributed by atoms with Crippen molar-refractivity contribution in [1.29, 1.82) is 0 Å². The standard InChI is InChI=1S/C31H38O4Si/c1-29(2,3)36(25-16-8-6-9-17-25,26-18-10-7-11-19-26)34-24-15-12-14-23(22-24)28(32)31-21-13-20-27(31)33-30(4,5)35-31/h6-12,14-19,22,27-28,32H,13,20-21H2,1-5H3/t27-,28?,31+/m0/s1. The van der Waals surface area contributed by atoms with Gasteiger partial charge in [0, 0.05) is 0 Å². The molecule has 36 heavy (non-hydrogen) atoms. The molecule has 5 rings (SSSR count). The number of fused-ring (bicyclic) bond motifs is 1. The lowest BCUT2D eigenvalue weighted by atomic mass is 9.87. The van der Waals surface area contributed by atoms with Gasteiger partial charge in [0.2, 0.25) is 0 Å². The molecule has 1 N–H and O–H groups in total. The Morgan fingerprint density at radius 1 is 0.917 bits per heavy atom. The molecule has 1 unspecified atom stereocenters. The Labute approximate surface area is 216 Å². The Balaban J connectivity index is 1.57. The monoisotopic (exact) mass is 502 g/mol. The highest BCUT2D eigenvalue weighted by molar-refractivity contribution is 7.00. The molecule has 1 aliphatic carbocycles. The van der Waals surface area contributed by atoms with Crippen LogP contribution in [0.15, 0.2) is 84.9 Å². The number of rotatable bonds is 6. The zero-order valence-corrected chi connectivity index (χ0v) is 23.0. The molecule has 1 heterocycles. The number of aliphatic hydroxyl groups is 1. The zero-order valence-electron chi connectivity index (χ0n) is 22.0. The maximum absolute atomic E-state index is 11.7. The quantitative estimate of drug-likeness (QED) is 0.437. The molecule has 0 bridgehead atoms. The summed E-state index contributed by atoms with van der Waals surface area (Å²) in [6.07, 6.45) is 1.76. The molecule has 4 nitrogen and oxygen atoms in total. The highest BCUT2D eigenvalue weighted by Gasteiger charge is 2.60. The summed E-state index contributed by atoms with van der Waals surface area (Å²) in [5.74, 6) is 0.0692. The molecule has 3 aromatic rings. The lowest BCUT2D eigenvalue weighted by Gasteiger charge is -2.43. The molecule has 5 heteroatoms. The van der Waals surface area contributed by atoms with Gasteiger partial charge in [0.05, 0.1) is 6.10 Å². The lowest BCUT2D eigenvalue weighted by molar-refractivity contribution is -0.188. The van der Waals surface area contributed by atoms with Crippen molar-refractivity contribution in [3.8, 4) is 5.75 Å². The number of ether oxygens (including phenoxy) is 2. The Hall–Kier alpha value is -2.44. The van der Waals surface area contributed by atoms with E-state index >= 15 is 0 Å². The summed E-state index contributed by atoms with van der Waals surface area (Å²) in [6.45, 7) is 10.7. The van der Waals surface area contributed by atoms with E-state index in [1.54, 1.807) is 0 Å². The molecule has 3 atom stereocenters. The molecule has 1 saturated heterocycles. The van der Waals surface area contributed by atoms with Crippen LogP contribution < -0.4 is 14.8 Å². The van der Waals surface area contributed by atoms with Crippen molar-refractivity contribution >= 4 is 18.7 Å². The Kier molecular flexibility index (Phi) is 6.40. The summed E-state index contributed by atoms with van der Waals surface area (Å²) < 4.78 is 19.8. The number of hydrogen-bond acceptors (Lipinski definition) is 4. The van der Waals surface area contributed by atoms with Gasteiger partial charge in [0.25, 0.3) is 0 Å². The summed E-state index contributed by atoms with van der Waals surface area (Å²) >= 11 is 0. The first kappa shape index (κ1) is 25.2. The third-order valence-electron chi connectivity index (χ3n) is 7.77. The van der Waals surface area contributed by atoms with Gasteiger partial charge in [0.15, 0.2) is 5.79 Å². The molecule has 0 amide bonds. The van der Waals surface area contributed by atoms with Gasteiger partial charge in [-0.3, -0.25) is 0 Å². The smallest absolute Gasteiger partial charge is 0.319 e. The highest BCUT2D eigenvalue weighted by Crippen LogP contribution is 2.52. The van der Waals surface area contributed by atoms with Gasteiger partial charge in [-0.15, -0.1) is 0 Å². The third-order valence-corrected chi connectivity index (χ3v) is 12.7. The summed E-state index contributed by atoms with van der Waals surface area (Å²) in [5, 5.41) is 14.0. The second kappa shape index (κ2) is 9.14. The molecule has 0 aromatic heterocycles. The summed E-state index contributed by atoms with van der Waals surface area (Å²) in [5.41, 5.74) is 0.0816. The maximum atomic E-state index is 11.7. The van der Waals surface area contributed by atoms with E-state index in [1.165, 1.54) is 10.4 Å². The van der Waals surface area contributed by atoms with E-state index < -0.39 is 25.8 Å². The van der Waals surface area contributed by atoms with Crippen molar-refractivity contribution < 1.29 is 19.0 Å². The van der Waals surface area contributed by atoms with Gasteiger partial charge in [-0.05, 0) is 66.2 Å². The molecular weight excluding hydrogens is 464 g/mol. The van der Waals surface area contributed by atoms with Crippen molar-refractivity contribution in [2.75, 3.05) is 0 Å². The summed E-state index contributed by atoms with van der Waals surface area (Å²) in [7, 11) is -2.77. The molecule has 1 aliphatic heterocycles. The first-order valence-corrected chi connectivity index (χ1v) is 14.9. The predicted octanol–water partition coefficient (Wildman–Crippen LogP) is 5.73. The van der Waals surface area contributed by atoms with E-state index in [2.05, 4.69) is 81.4 Å². The van der Waals surface area contributed by atoms with E-state index in [-0.39, 0.29) is 11.1 Å². The van der Waals surface area contributed by atoms with Gasteiger partial charge in [-0.2, -0.15) is 0 Å². The van der Waals surface area contributed by atoms with Crippen molar-refractivity contribution in [1.82, 2.24) is 0 Å². The number of benzene rings is 3. The Morgan fingerprint density at radius 3 is 2.11 bits per heavy atom. The van der Waals surface area contributed by atoms with Crippen LogP contribution >= 0.6 is 0 Å². The topological polar surface area (TPSA) is 47.9 Å². The largest absolute Gasteiger partial charge is 0.534 e. The maximum Gasteiger partial charge on any atom is 0.319 e. The molecule has 2 fully saturated rings. The highest BCUT2D eigenvalue weighted by atomic mass is 28.4. The minimum Gasteiger partial charge on any atom is -0.534 e. The number of aliphatic hydroxyl groups excluding tert-OH is 1. The molecule has 3 aromatic carbocycles. The van der Waals surface area contributed by atoms with E-state index in [0.29, 0.717) is 0 Å². The van der Waals surface area contributed by atoms with E-state index in [9.17, 15) is 5.11 Å². The minimum atomic E-state index is -2.77. The van der Waals surface area contributed by atoms with E-state index in [0.717, 1.165) is 30.6 Å². The van der Waals surface area contributed by atoms with Gasteiger partial charge >= 0.3 is 8.32 Å². The first-order valence-electron chi connectivity index (χ1n) is 13.0. The van der Waals surface area contributed by atoms with Crippen molar-refractivity contribution in [2.45, 2.75) is 82.5 Å². The van der Waals surface area contributed by atoms with E-state index in [1.807, 2.05) is 38.1 Å². The molecule has 0 radical (unpaired) electrons. The Bertz CT molecular complexity index is 1150. The average Bonchev–Trinajstić information content (AvgIpc) is 3.35. The van der Waals surface area contributed by atoms with Gasteiger partial charge < -0.3 is 19.0 Å². The minimum absolute atomic E-state index is 0.108. The number of hydrogen-bond donors (Lipinski definition) is 1. The Morgan fingerprint density at radius 2 is 1.53 bits per heavy atom. The second-order valence-corrected chi connectivity index (χ2v) is 15.9. The van der Waals surface area contributed by atoms with Gasteiger partial charge in [-0.25, -0.2) is 0 Å². The predicted molar refractivity (Wildman–Crippen MR) is 146 cm³/mol. The summed E-state index contributed by atoms with van der Waals surface area (Å²) in [4.78, 5) is 0. The van der Waals surface area contributed by atoms with Crippen LogP contribution in [-0.4, -0.2) is 30.9 Å². The van der Waals surface area contributed by atoms with Crippen LogP contribution in [0.4, 0.5) is 0 Å². The van der Waals surface area contributed by atoms with Gasteiger partial charge in [-0.1, -0.05) is 93.6 Å². The normalized spacial score (nSPS) is 24.3. The van der Waals surface area contributed by atoms with Crippen LogP contribution in [0.2, 0.25) is 5.04 Å². The fourth-order valence-electron chi connectivity index (χ4n) is 6.29. The van der Waals surface area contributed by atoms with Crippen LogP contribution in [0.1, 0.15) is 65.5 Å². The fourth-order valence-corrected chi connectivity index (χ4v) is 10.7. The molecule has 1 saturated carbocycles. The van der Waals surface area contributed by atoms with Crippen LogP contribution in [0.3, 0.4) is 0 Å². The van der Waals surface area contributed by atoms with Gasteiger partial charge in [0.1, 0.15) is 17.5 Å². The van der Waals surface area contributed by atoms with Crippen LogP contribution in [0, 0.1) is 0 Å². The average molecular weight is 503 g/mol. The fraction of sp³-hybridized carbons (Fsp3) is 0.419.